The molecule has 0 saturated carbocycles. The van der Waals surface area contributed by atoms with E-state index in [1.165, 1.54) is 33.3 Å². The highest BCUT2D eigenvalue weighted by molar-refractivity contribution is 8.02. The van der Waals surface area contributed by atoms with Crippen LogP contribution < -0.4 is 21.3 Å². The third kappa shape index (κ3) is 11.6. The van der Waals surface area contributed by atoms with Crippen LogP contribution in [0.5, 0.6) is 11.5 Å². The molecular formula is C48H56N6O10S2. The molecule has 4 saturated heterocycles. The molecule has 4 fully saturated rings. The third-order valence-electron chi connectivity index (χ3n) is 11.5. The smallest absolute Gasteiger partial charge is 0.327 e. The van der Waals surface area contributed by atoms with Gasteiger partial charge in [0.1, 0.15) is 46.4 Å². The number of aliphatic carboxylic acids is 2. The number of thioether (sulfide) groups is 2. The lowest BCUT2D eigenvalue weighted by Crippen LogP contribution is -2.70. The van der Waals surface area contributed by atoms with Crippen molar-refractivity contribution in [2.75, 3.05) is 13.1 Å². The zero-order valence-corrected chi connectivity index (χ0v) is 38.7. The standard InChI is InChI=1S/2C16H18N2O4S.C16H20N2O2/c2*1-16(2)12(15(21)22)18-13(20)11(14(18)23-16)17-10(19)8-9-6-4-3-5-7-9;19-15-7-3-1-5-13(15)11-17-9-10-18-12-14-6-2-4-8-16(14)20/h2*3-7,11-12,14H,8H2,1-2H3,(H,17,19)(H,21,22);1-8,17-20H,9-12H2/t2*11-,12+,14?;/m11./s1. The monoisotopic (exact) mass is 940 g/mol. The summed E-state index contributed by atoms with van der Waals surface area (Å²) >= 11 is 2.85. The van der Waals surface area contributed by atoms with Crippen LogP contribution in [0.2, 0.25) is 0 Å². The minimum atomic E-state index is -1.01. The number of β-lactam (4-membered cyclic amide) rings is 2. The largest absolute Gasteiger partial charge is 0.508 e. The zero-order chi connectivity index (χ0) is 47.8. The second kappa shape index (κ2) is 21.5. The summed E-state index contributed by atoms with van der Waals surface area (Å²) in [6.07, 6.45) is 0.404. The number of phenols is 2. The van der Waals surface area contributed by atoms with Crippen LogP contribution in [-0.2, 0) is 54.7 Å². The normalized spacial score (nSPS) is 22.7. The summed E-state index contributed by atoms with van der Waals surface area (Å²) in [7, 11) is 0. The van der Waals surface area contributed by atoms with Crippen molar-refractivity contribution in [2.24, 2.45) is 0 Å². The average Bonchev–Trinajstić information content (AvgIpc) is 3.69. The zero-order valence-electron chi connectivity index (χ0n) is 37.0. The summed E-state index contributed by atoms with van der Waals surface area (Å²) in [5, 5.41) is 49.3. The Bertz CT molecular complexity index is 2220. The van der Waals surface area contributed by atoms with E-state index in [9.17, 15) is 49.2 Å². The Labute approximate surface area is 391 Å². The fourth-order valence-corrected chi connectivity index (χ4v) is 11.5. The van der Waals surface area contributed by atoms with Crippen LogP contribution in [0.25, 0.3) is 0 Å². The number of nitrogens with one attached hydrogen (secondary N) is 4. The first-order valence-corrected chi connectivity index (χ1v) is 23.2. The molecule has 4 aromatic carbocycles. The summed E-state index contributed by atoms with van der Waals surface area (Å²) in [4.78, 5) is 74.4. The number of amides is 4. The second-order valence-corrected chi connectivity index (χ2v) is 20.8. The molecule has 350 valence electrons. The highest BCUT2D eigenvalue weighted by Crippen LogP contribution is 2.52. The molecule has 18 heteroatoms. The molecule has 8 rings (SSSR count). The lowest BCUT2D eigenvalue weighted by Gasteiger charge is -2.43. The third-order valence-corrected chi connectivity index (χ3v) is 14.6. The van der Waals surface area contributed by atoms with E-state index in [0.717, 1.165) is 35.3 Å². The summed E-state index contributed by atoms with van der Waals surface area (Å²) < 4.78 is -1.16. The molecule has 66 heavy (non-hydrogen) atoms. The number of rotatable bonds is 15. The van der Waals surface area contributed by atoms with Crippen LogP contribution >= 0.6 is 23.5 Å². The van der Waals surface area contributed by atoms with Crippen LogP contribution in [0.1, 0.15) is 49.9 Å². The van der Waals surface area contributed by atoms with Gasteiger partial charge in [0.15, 0.2) is 0 Å². The van der Waals surface area contributed by atoms with Gasteiger partial charge >= 0.3 is 11.9 Å². The number of hydrogen-bond donors (Lipinski definition) is 8. The van der Waals surface area contributed by atoms with Gasteiger partial charge in [0.2, 0.25) is 23.6 Å². The fourth-order valence-electron chi connectivity index (χ4n) is 8.25. The van der Waals surface area contributed by atoms with Crippen LogP contribution in [-0.4, -0.2) is 123 Å². The molecule has 8 N–H and O–H groups in total. The predicted molar refractivity (Wildman–Crippen MR) is 251 cm³/mol. The van der Waals surface area contributed by atoms with Gasteiger partial charge in [-0.2, -0.15) is 0 Å². The molecule has 4 aromatic rings. The molecule has 2 unspecified atom stereocenters. The van der Waals surface area contributed by atoms with Crippen molar-refractivity contribution >= 4 is 59.1 Å². The molecule has 6 atom stereocenters. The quantitative estimate of drug-likeness (QED) is 0.0627. The number of para-hydroxylation sites is 2. The SMILES string of the molecule is CC1(C)SC2[C@H](NC(=O)Cc3ccccc3)C(=O)N2[C@H]1C(=O)O.CC1(C)SC2[C@H](NC(=O)Cc3ccccc3)C(=O)N2[C@H]1C(=O)O.Oc1ccccc1CNCCNCc1ccccc1O. The molecule has 16 nitrogen and oxygen atoms in total. The molecule has 0 radical (unpaired) electrons. The highest BCUT2D eigenvalue weighted by Gasteiger charge is 2.65. The Balaban J connectivity index is 0.000000164. The number of nitrogens with zero attached hydrogens (tertiary/aromatic N) is 2. The molecule has 4 aliphatic rings. The summed E-state index contributed by atoms with van der Waals surface area (Å²) in [6, 6.07) is 30.2. The van der Waals surface area contributed by atoms with Gasteiger partial charge < -0.3 is 51.5 Å². The van der Waals surface area contributed by atoms with E-state index in [1.54, 1.807) is 12.1 Å². The van der Waals surface area contributed by atoms with Crippen molar-refractivity contribution in [2.45, 2.75) is 98.0 Å². The lowest BCUT2D eigenvalue weighted by molar-refractivity contribution is -0.161. The lowest BCUT2D eigenvalue weighted by atomic mass is 9.96. The Kier molecular flexibility index (Phi) is 16.1. The van der Waals surface area contributed by atoms with E-state index in [-0.39, 0.29) is 47.2 Å². The van der Waals surface area contributed by atoms with E-state index >= 15 is 0 Å². The van der Waals surface area contributed by atoms with E-state index in [2.05, 4.69) is 21.3 Å². The van der Waals surface area contributed by atoms with Gasteiger partial charge in [-0.25, -0.2) is 9.59 Å². The van der Waals surface area contributed by atoms with Crippen LogP contribution in [0.3, 0.4) is 0 Å². The van der Waals surface area contributed by atoms with Crippen LogP contribution in [0.4, 0.5) is 0 Å². The Morgan fingerprint density at radius 2 is 0.879 bits per heavy atom. The second-order valence-electron chi connectivity index (χ2n) is 17.2. The van der Waals surface area contributed by atoms with Crippen molar-refractivity contribution in [1.82, 2.24) is 31.1 Å². The van der Waals surface area contributed by atoms with Gasteiger partial charge in [-0.1, -0.05) is 97.1 Å². The first-order chi connectivity index (χ1) is 31.4. The van der Waals surface area contributed by atoms with Gasteiger partial charge in [0, 0.05) is 46.8 Å². The molecule has 0 aliphatic carbocycles. The first kappa shape index (κ1) is 49.4. The van der Waals surface area contributed by atoms with Gasteiger partial charge in [-0.15, -0.1) is 23.5 Å². The minimum Gasteiger partial charge on any atom is -0.508 e. The Morgan fingerprint density at radius 3 is 1.21 bits per heavy atom. The van der Waals surface area contributed by atoms with Crippen LogP contribution in [0.15, 0.2) is 109 Å². The maximum atomic E-state index is 12.3. The van der Waals surface area contributed by atoms with Crippen molar-refractivity contribution in [3.8, 4) is 11.5 Å². The molecule has 0 bridgehead atoms. The molecule has 0 aromatic heterocycles. The summed E-state index contributed by atoms with van der Waals surface area (Å²) in [5.41, 5.74) is 3.54. The van der Waals surface area contributed by atoms with Crippen molar-refractivity contribution in [1.29, 1.82) is 0 Å². The number of aromatic hydroxyl groups is 2. The molecule has 0 spiro atoms. The number of carboxylic acid groups (broad SMARTS) is 2. The number of carbonyl (C=O) groups is 6. The highest BCUT2D eigenvalue weighted by atomic mass is 32.2. The predicted octanol–water partition coefficient (Wildman–Crippen LogP) is 3.70. The van der Waals surface area contributed by atoms with Gasteiger partial charge in [-0.05, 0) is 51.0 Å². The number of benzene rings is 4. The van der Waals surface area contributed by atoms with E-state index in [0.29, 0.717) is 24.6 Å². The molecule has 4 amide bonds. The van der Waals surface area contributed by atoms with Crippen molar-refractivity contribution in [3.05, 3.63) is 131 Å². The number of fused-ring (bicyclic) bond motifs is 2. The van der Waals surface area contributed by atoms with E-state index in [4.69, 9.17) is 0 Å². The molecular weight excluding hydrogens is 885 g/mol. The van der Waals surface area contributed by atoms with Gasteiger partial charge in [0.25, 0.3) is 0 Å². The Morgan fingerprint density at radius 1 is 0.545 bits per heavy atom. The number of carboxylic acids is 2. The number of phenolic OH excluding ortho intramolecular Hbond substituents is 2. The topological polar surface area (TPSA) is 238 Å². The van der Waals surface area contributed by atoms with Crippen molar-refractivity contribution in [3.63, 3.8) is 0 Å². The number of carbonyl (C=O) groups excluding carboxylic acids is 4. The van der Waals surface area contributed by atoms with Gasteiger partial charge in [0.05, 0.1) is 12.8 Å². The summed E-state index contributed by atoms with van der Waals surface area (Å²) in [6.45, 7) is 10.1. The van der Waals surface area contributed by atoms with Gasteiger partial charge in [-0.3, -0.25) is 19.2 Å². The first-order valence-electron chi connectivity index (χ1n) is 21.5. The molecule has 4 aliphatic heterocycles. The molecule has 4 heterocycles. The minimum absolute atomic E-state index is 0.202. The Hall–Kier alpha value is -6.08. The number of hydrogen-bond acceptors (Lipinski definition) is 12. The van der Waals surface area contributed by atoms with E-state index in [1.807, 2.05) is 125 Å². The fraction of sp³-hybridized carbons (Fsp3) is 0.375. The average molecular weight is 941 g/mol. The van der Waals surface area contributed by atoms with Crippen LogP contribution in [0, 0.1) is 0 Å². The van der Waals surface area contributed by atoms with Crippen molar-refractivity contribution < 1.29 is 49.2 Å². The maximum Gasteiger partial charge on any atom is 0.327 e. The summed E-state index contributed by atoms with van der Waals surface area (Å²) in [5.74, 6) is -2.47. The van der Waals surface area contributed by atoms with E-state index < -0.39 is 45.6 Å². The maximum absolute atomic E-state index is 12.3.